The van der Waals surface area contributed by atoms with Gasteiger partial charge in [-0.1, -0.05) is 24.3 Å². The molecule has 5 rings (SSSR count). The maximum atomic E-state index is 15.2. The molecule has 42 heavy (non-hydrogen) atoms. The zero-order valence-corrected chi connectivity index (χ0v) is 20.0. The third-order valence-corrected chi connectivity index (χ3v) is 6.01. The van der Waals surface area contributed by atoms with Gasteiger partial charge in [-0.05, 0) is 24.3 Å². The van der Waals surface area contributed by atoms with Gasteiger partial charge in [0, 0.05) is 10.8 Å². The van der Waals surface area contributed by atoms with Crippen LogP contribution in [0.15, 0.2) is 48.5 Å². The van der Waals surface area contributed by atoms with Crippen LogP contribution in [0.25, 0.3) is 21.5 Å². The number of carbonyl (C=O) groups is 2. The molecule has 0 fully saturated rings. The third kappa shape index (κ3) is 4.44. The lowest BCUT2D eigenvalue weighted by atomic mass is 9.99. The molecule has 0 bridgehead atoms. The van der Waals surface area contributed by atoms with Crippen molar-refractivity contribution in [3.63, 3.8) is 0 Å². The number of ether oxygens (including phenoxy) is 2. The minimum atomic E-state index is -2.36. The van der Waals surface area contributed by atoms with Crippen LogP contribution < -0.4 is 9.47 Å². The molecule has 214 valence electrons. The van der Waals surface area contributed by atoms with Crippen molar-refractivity contribution in [2.75, 3.05) is 0 Å². The lowest BCUT2D eigenvalue weighted by Crippen LogP contribution is -2.16. The molecular weight excluding hydrogens is 590 g/mol. The van der Waals surface area contributed by atoms with Crippen LogP contribution in [0.1, 0.15) is 20.7 Å². The Morgan fingerprint density at radius 3 is 1.17 bits per heavy atom. The summed E-state index contributed by atoms with van der Waals surface area (Å²) >= 11 is 0. The SMILES string of the molecule is O=C(Oc1c2ccccc2c(OC(=O)c2cc(F)c(F)c(F)c2F)c2c(F)ccc(F)c12)c1cc(F)c(F)c(F)c1F. The minimum Gasteiger partial charge on any atom is -0.421 e. The highest BCUT2D eigenvalue weighted by Gasteiger charge is 2.30. The Labute approximate surface area is 226 Å². The average molecular weight is 598 g/mol. The number of fused-ring (bicyclic) bond motifs is 2. The molecule has 0 N–H and O–H groups in total. The molecule has 14 heteroatoms. The molecule has 5 aromatic carbocycles. The van der Waals surface area contributed by atoms with E-state index in [1.54, 1.807) is 0 Å². The molecule has 0 aliphatic rings. The molecular formula is C28H8F10O4. The Hall–Kier alpha value is -5.14. The van der Waals surface area contributed by atoms with E-state index in [1.807, 2.05) is 0 Å². The summed E-state index contributed by atoms with van der Waals surface area (Å²) in [6, 6.07) is 5.63. The summed E-state index contributed by atoms with van der Waals surface area (Å²) in [5.41, 5.74) is -2.93. The maximum Gasteiger partial charge on any atom is 0.346 e. The van der Waals surface area contributed by atoms with E-state index in [0.29, 0.717) is 12.1 Å². The maximum absolute atomic E-state index is 15.2. The van der Waals surface area contributed by atoms with Gasteiger partial charge in [0.05, 0.1) is 10.8 Å². The van der Waals surface area contributed by atoms with Crippen LogP contribution in [0.2, 0.25) is 0 Å². The second kappa shape index (κ2) is 10.4. The molecule has 0 aliphatic heterocycles. The number of hydrogen-bond acceptors (Lipinski definition) is 4. The molecule has 0 aliphatic carbocycles. The van der Waals surface area contributed by atoms with Gasteiger partial charge in [-0.3, -0.25) is 0 Å². The van der Waals surface area contributed by atoms with Crippen molar-refractivity contribution in [1.29, 1.82) is 0 Å². The predicted octanol–water partition coefficient (Wildman–Crippen LogP) is 7.82. The minimum absolute atomic E-state index is 0.0386. The second-order valence-corrected chi connectivity index (χ2v) is 8.46. The fraction of sp³-hybridized carbons (Fsp3) is 0. The van der Waals surface area contributed by atoms with Crippen LogP contribution in [0.4, 0.5) is 43.9 Å². The van der Waals surface area contributed by atoms with Crippen molar-refractivity contribution >= 4 is 33.5 Å². The Morgan fingerprint density at radius 1 is 0.452 bits per heavy atom. The number of esters is 2. The van der Waals surface area contributed by atoms with Crippen molar-refractivity contribution in [1.82, 2.24) is 0 Å². The fourth-order valence-electron chi connectivity index (χ4n) is 4.09. The highest BCUT2D eigenvalue weighted by Crippen LogP contribution is 2.45. The van der Waals surface area contributed by atoms with Crippen LogP contribution in [0.3, 0.4) is 0 Å². The summed E-state index contributed by atoms with van der Waals surface area (Å²) in [7, 11) is 0. The van der Waals surface area contributed by atoms with Crippen LogP contribution in [-0.4, -0.2) is 11.9 Å². The first-order chi connectivity index (χ1) is 19.8. The first-order valence-corrected chi connectivity index (χ1v) is 11.3. The van der Waals surface area contributed by atoms with Gasteiger partial charge in [-0.2, -0.15) is 0 Å². The standard InChI is InChI=1S/C28H8F10O4/c29-13-5-6-14(30)18-17(13)25(41-27(39)11-7-15(31)21(35)23(37)19(11)33)9-3-1-2-4-10(9)26(18)42-28(40)12-8-16(32)22(36)24(38)20(12)34/h1-8H. The van der Waals surface area contributed by atoms with E-state index in [0.717, 1.165) is 12.1 Å². The summed E-state index contributed by atoms with van der Waals surface area (Å²) in [4.78, 5) is 25.5. The average Bonchev–Trinajstić information content (AvgIpc) is 2.97. The van der Waals surface area contributed by atoms with Gasteiger partial charge in [0.2, 0.25) is 0 Å². The molecule has 0 saturated heterocycles. The zero-order valence-electron chi connectivity index (χ0n) is 20.0. The number of hydrogen-bond donors (Lipinski definition) is 0. The quantitative estimate of drug-likeness (QED) is 0.0529. The predicted molar refractivity (Wildman–Crippen MR) is 124 cm³/mol. The van der Waals surface area contributed by atoms with Gasteiger partial charge in [0.25, 0.3) is 0 Å². The van der Waals surface area contributed by atoms with Gasteiger partial charge in [-0.25, -0.2) is 53.5 Å². The van der Waals surface area contributed by atoms with E-state index < -0.39 is 104 Å². The van der Waals surface area contributed by atoms with Crippen LogP contribution >= 0.6 is 0 Å². The summed E-state index contributed by atoms with van der Waals surface area (Å²) < 4.78 is 151. The number of halogens is 10. The van der Waals surface area contributed by atoms with Crippen molar-refractivity contribution in [3.8, 4) is 11.5 Å². The van der Waals surface area contributed by atoms with Crippen molar-refractivity contribution in [2.45, 2.75) is 0 Å². The van der Waals surface area contributed by atoms with Gasteiger partial charge >= 0.3 is 11.9 Å². The van der Waals surface area contributed by atoms with E-state index in [4.69, 9.17) is 9.47 Å². The topological polar surface area (TPSA) is 52.6 Å². The normalized spacial score (nSPS) is 11.3. The summed E-state index contributed by atoms with van der Waals surface area (Å²) in [6.45, 7) is 0. The lowest BCUT2D eigenvalue weighted by molar-refractivity contribution is 0.0718. The molecule has 0 heterocycles. The Morgan fingerprint density at radius 2 is 0.810 bits per heavy atom. The molecule has 0 amide bonds. The van der Waals surface area contributed by atoms with E-state index in [-0.39, 0.29) is 22.9 Å². The van der Waals surface area contributed by atoms with E-state index in [1.165, 1.54) is 12.1 Å². The smallest absolute Gasteiger partial charge is 0.346 e. The molecule has 0 aromatic heterocycles. The molecule has 0 unspecified atom stereocenters. The van der Waals surface area contributed by atoms with Gasteiger partial charge in [-0.15, -0.1) is 0 Å². The van der Waals surface area contributed by atoms with Crippen molar-refractivity contribution < 1.29 is 63.0 Å². The Bertz CT molecular complexity index is 1850. The number of carbonyl (C=O) groups excluding carboxylic acids is 2. The first-order valence-electron chi connectivity index (χ1n) is 11.3. The van der Waals surface area contributed by atoms with Gasteiger partial charge < -0.3 is 9.47 Å². The van der Waals surface area contributed by atoms with Crippen LogP contribution in [0, 0.1) is 58.2 Å². The number of benzene rings is 5. The van der Waals surface area contributed by atoms with Crippen molar-refractivity contribution in [2.24, 2.45) is 0 Å². The molecule has 4 nitrogen and oxygen atoms in total. The molecule has 0 atom stereocenters. The molecule has 5 aromatic rings. The zero-order chi connectivity index (χ0) is 30.6. The molecule has 0 radical (unpaired) electrons. The third-order valence-electron chi connectivity index (χ3n) is 6.01. The first kappa shape index (κ1) is 28.4. The van der Waals surface area contributed by atoms with Gasteiger partial charge in [0.15, 0.2) is 46.5 Å². The van der Waals surface area contributed by atoms with Crippen LogP contribution in [-0.2, 0) is 0 Å². The molecule has 0 saturated carbocycles. The monoisotopic (exact) mass is 598 g/mol. The summed E-state index contributed by atoms with van der Waals surface area (Å²) in [6.07, 6.45) is 0. The highest BCUT2D eigenvalue weighted by molar-refractivity contribution is 6.14. The van der Waals surface area contributed by atoms with E-state index >= 15 is 8.78 Å². The summed E-state index contributed by atoms with van der Waals surface area (Å²) in [5.74, 6) is -25.8. The van der Waals surface area contributed by atoms with E-state index in [2.05, 4.69) is 0 Å². The highest BCUT2D eigenvalue weighted by atomic mass is 19.2. The molecule has 0 spiro atoms. The van der Waals surface area contributed by atoms with Crippen LogP contribution in [0.5, 0.6) is 11.5 Å². The Kier molecular flexibility index (Phi) is 7.00. The van der Waals surface area contributed by atoms with E-state index in [9.17, 15) is 44.7 Å². The van der Waals surface area contributed by atoms with Gasteiger partial charge in [0.1, 0.15) is 34.3 Å². The second-order valence-electron chi connectivity index (χ2n) is 8.46. The van der Waals surface area contributed by atoms with Crippen molar-refractivity contribution in [3.05, 3.63) is 118 Å². The lowest BCUT2D eigenvalue weighted by Gasteiger charge is -2.17. The fourth-order valence-corrected chi connectivity index (χ4v) is 4.09. The number of rotatable bonds is 4. The Balaban J connectivity index is 1.74. The largest absolute Gasteiger partial charge is 0.421 e. The summed E-state index contributed by atoms with van der Waals surface area (Å²) in [5, 5.41) is -2.70.